The quantitative estimate of drug-likeness (QED) is 0.521. The number of carbonyl (C=O) groups is 2. The van der Waals surface area contributed by atoms with Crippen LogP contribution in [0.15, 0.2) is 0 Å². The number of ether oxygens (including phenoxy) is 1. The van der Waals surface area contributed by atoms with Crippen molar-refractivity contribution in [3.05, 3.63) is 0 Å². The van der Waals surface area contributed by atoms with Gasteiger partial charge >= 0.3 is 6.09 Å². The molecule has 2 amide bonds. The number of alkyl carbamates (subject to hydrolysis) is 1. The summed E-state index contributed by atoms with van der Waals surface area (Å²) in [6, 6.07) is 0.517. The molecule has 7 heteroatoms. The minimum atomic E-state index is -0.451. The van der Waals surface area contributed by atoms with Crippen LogP contribution in [0.4, 0.5) is 4.79 Å². The normalized spacial score (nSPS) is 35.7. The van der Waals surface area contributed by atoms with E-state index in [4.69, 9.17) is 4.74 Å². The zero-order valence-corrected chi connectivity index (χ0v) is 22.4. The van der Waals surface area contributed by atoms with E-state index in [9.17, 15) is 9.59 Å². The Balaban J connectivity index is 1.21. The molecule has 6 unspecified atom stereocenters. The summed E-state index contributed by atoms with van der Waals surface area (Å²) >= 11 is 3.77. The molecule has 0 aromatic heterocycles. The van der Waals surface area contributed by atoms with Gasteiger partial charge in [-0.25, -0.2) is 4.79 Å². The Hall–Kier alpha value is -0.820. The van der Waals surface area contributed by atoms with Crippen molar-refractivity contribution < 1.29 is 14.3 Å². The molecule has 6 nitrogen and oxygen atoms in total. The molecule has 4 rings (SSSR count). The van der Waals surface area contributed by atoms with Gasteiger partial charge in [-0.2, -0.15) is 0 Å². The maximum absolute atomic E-state index is 13.3. The average Bonchev–Trinajstić information content (AvgIpc) is 3.19. The smallest absolute Gasteiger partial charge is 0.407 e. The summed E-state index contributed by atoms with van der Waals surface area (Å²) in [7, 11) is 0. The Morgan fingerprint density at radius 1 is 1.03 bits per heavy atom. The highest BCUT2D eigenvalue weighted by Crippen LogP contribution is 2.40. The second-order valence-corrected chi connectivity index (χ2v) is 13.3. The Morgan fingerprint density at radius 3 is 2.52 bits per heavy atom. The fraction of sp³-hybridized carbons (Fsp3) is 0.923. The maximum Gasteiger partial charge on any atom is 0.407 e. The van der Waals surface area contributed by atoms with Gasteiger partial charge in [-0.3, -0.25) is 4.79 Å². The summed E-state index contributed by atoms with van der Waals surface area (Å²) < 4.78 is 5.39. The molecule has 33 heavy (non-hydrogen) atoms. The molecule has 2 saturated heterocycles. The van der Waals surface area contributed by atoms with Gasteiger partial charge in [0.2, 0.25) is 5.91 Å². The molecule has 2 aliphatic carbocycles. The molecule has 2 aliphatic heterocycles. The highest BCUT2D eigenvalue weighted by atomic mass is 79.9. The van der Waals surface area contributed by atoms with Crippen molar-refractivity contribution in [1.29, 1.82) is 0 Å². The molecule has 2 saturated carbocycles. The summed E-state index contributed by atoms with van der Waals surface area (Å²) in [5.74, 6) is 3.11. The Kier molecular flexibility index (Phi) is 8.31. The summed E-state index contributed by atoms with van der Waals surface area (Å²) in [4.78, 5) is 28.1. The first-order valence-corrected chi connectivity index (χ1v) is 14.2. The second-order valence-electron chi connectivity index (χ2n) is 12.0. The van der Waals surface area contributed by atoms with Crippen LogP contribution in [0.1, 0.15) is 78.6 Å². The largest absolute Gasteiger partial charge is 0.444 e. The Labute approximate surface area is 208 Å². The molecule has 4 aliphatic rings. The number of halogens is 1. The molecule has 6 atom stereocenters. The molecule has 0 bridgehead atoms. The molecule has 0 radical (unpaired) electrons. The van der Waals surface area contributed by atoms with Gasteiger partial charge < -0.3 is 20.3 Å². The van der Waals surface area contributed by atoms with Crippen LogP contribution in [0.2, 0.25) is 0 Å². The summed E-state index contributed by atoms with van der Waals surface area (Å²) in [5, 5.41) is 6.63. The molecule has 188 valence electrons. The van der Waals surface area contributed by atoms with Crippen molar-refractivity contribution in [1.82, 2.24) is 15.5 Å². The van der Waals surface area contributed by atoms with Crippen molar-refractivity contribution in [3.8, 4) is 0 Å². The van der Waals surface area contributed by atoms with E-state index >= 15 is 0 Å². The molecular formula is C26H44BrN3O3. The van der Waals surface area contributed by atoms with Crippen LogP contribution in [0, 0.1) is 29.6 Å². The fourth-order valence-corrected chi connectivity index (χ4v) is 7.54. The fourth-order valence-electron chi connectivity index (χ4n) is 6.87. The van der Waals surface area contributed by atoms with Crippen LogP contribution in [0.25, 0.3) is 0 Å². The third kappa shape index (κ3) is 6.65. The van der Waals surface area contributed by atoms with Gasteiger partial charge in [-0.1, -0.05) is 28.8 Å². The van der Waals surface area contributed by atoms with Gasteiger partial charge in [0.15, 0.2) is 0 Å². The first-order chi connectivity index (χ1) is 15.7. The summed E-state index contributed by atoms with van der Waals surface area (Å²) in [5.41, 5.74) is -0.451. The SMILES string of the molecule is CC(C)(C)OC(=O)NCC1CCCC(C2CCN(C(=O)C3CNC4CC(Br)CCC43)CC2)C1. The van der Waals surface area contributed by atoms with E-state index in [2.05, 4.69) is 31.5 Å². The van der Waals surface area contributed by atoms with Gasteiger partial charge in [0.05, 0.1) is 5.92 Å². The number of nitrogens with one attached hydrogen (secondary N) is 2. The van der Waals surface area contributed by atoms with Crippen LogP contribution < -0.4 is 10.6 Å². The third-order valence-electron chi connectivity index (χ3n) is 8.55. The van der Waals surface area contributed by atoms with Gasteiger partial charge in [0.25, 0.3) is 0 Å². The lowest BCUT2D eigenvalue weighted by Crippen LogP contribution is -2.46. The number of nitrogens with zero attached hydrogens (tertiary/aromatic N) is 1. The Morgan fingerprint density at radius 2 is 1.79 bits per heavy atom. The van der Waals surface area contributed by atoms with E-state index in [0.717, 1.165) is 57.3 Å². The van der Waals surface area contributed by atoms with Crippen molar-refractivity contribution in [2.45, 2.75) is 95.0 Å². The summed E-state index contributed by atoms with van der Waals surface area (Å²) in [6.07, 6.45) is 10.4. The maximum atomic E-state index is 13.3. The predicted molar refractivity (Wildman–Crippen MR) is 134 cm³/mol. The van der Waals surface area contributed by atoms with Gasteiger partial charge in [0, 0.05) is 37.0 Å². The van der Waals surface area contributed by atoms with E-state index in [1.165, 1.54) is 38.5 Å². The number of hydrogen-bond donors (Lipinski definition) is 2. The standard InChI is InChI=1S/C26H44BrN3O3/c1-26(2,3)33-25(32)29-15-17-5-4-6-19(13-17)18-9-11-30(12-10-18)24(31)22-16-28-23-14-20(27)7-8-21(22)23/h17-23,28H,4-16H2,1-3H3,(H,29,32). The number of alkyl halides is 1. The second kappa shape index (κ2) is 10.8. The third-order valence-corrected chi connectivity index (χ3v) is 9.38. The van der Waals surface area contributed by atoms with Crippen LogP contribution in [-0.4, -0.2) is 59.5 Å². The number of hydrogen-bond acceptors (Lipinski definition) is 4. The highest BCUT2D eigenvalue weighted by molar-refractivity contribution is 9.09. The van der Waals surface area contributed by atoms with Crippen molar-refractivity contribution in [3.63, 3.8) is 0 Å². The van der Waals surface area contributed by atoms with Gasteiger partial charge in [-0.15, -0.1) is 0 Å². The average molecular weight is 527 g/mol. The van der Waals surface area contributed by atoms with Gasteiger partial charge in [0.1, 0.15) is 5.60 Å². The van der Waals surface area contributed by atoms with E-state index in [1.807, 2.05) is 20.8 Å². The zero-order valence-electron chi connectivity index (χ0n) is 20.8. The highest BCUT2D eigenvalue weighted by Gasteiger charge is 2.44. The molecule has 2 heterocycles. The lowest BCUT2D eigenvalue weighted by atomic mass is 9.72. The van der Waals surface area contributed by atoms with Crippen LogP contribution >= 0.6 is 15.9 Å². The van der Waals surface area contributed by atoms with E-state index in [1.54, 1.807) is 0 Å². The van der Waals surface area contributed by atoms with E-state index < -0.39 is 5.60 Å². The number of likely N-dealkylation sites (tertiary alicyclic amines) is 1. The zero-order chi connectivity index (χ0) is 23.6. The predicted octanol–water partition coefficient (Wildman–Crippen LogP) is 4.71. The first-order valence-electron chi connectivity index (χ1n) is 13.3. The Bertz CT molecular complexity index is 689. The van der Waals surface area contributed by atoms with Crippen LogP contribution in [0.3, 0.4) is 0 Å². The van der Waals surface area contributed by atoms with Crippen LogP contribution in [-0.2, 0) is 9.53 Å². The molecule has 4 fully saturated rings. The monoisotopic (exact) mass is 525 g/mol. The molecule has 0 spiro atoms. The first kappa shape index (κ1) is 25.3. The number of piperidine rings is 1. The molecule has 2 N–H and O–H groups in total. The molecule has 0 aromatic carbocycles. The van der Waals surface area contributed by atoms with Crippen molar-refractivity contribution in [2.75, 3.05) is 26.2 Å². The number of carbonyl (C=O) groups excluding carboxylic acids is 2. The molecule has 0 aromatic rings. The lowest BCUT2D eigenvalue weighted by molar-refractivity contribution is -0.138. The number of fused-ring (bicyclic) bond motifs is 1. The minimum Gasteiger partial charge on any atom is -0.444 e. The van der Waals surface area contributed by atoms with E-state index in [0.29, 0.717) is 28.6 Å². The van der Waals surface area contributed by atoms with Crippen LogP contribution in [0.5, 0.6) is 0 Å². The van der Waals surface area contributed by atoms with Crippen molar-refractivity contribution in [2.24, 2.45) is 29.6 Å². The van der Waals surface area contributed by atoms with Gasteiger partial charge in [-0.05, 0) is 89.4 Å². The summed E-state index contributed by atoms with van der Waals surface area (Å²) in [6.45, 7) is 9.13. The van der Waals surface area contributed by atoms with E-state index in [-0.39, 0.29) is 12.0 Å². The molecular weight excluding hydrogens is 482 g/mol. The number of amides is 2. The lowest BCUT2D eigenvalue weighted by Gasteiger charge is -2.41. The topological polar surface area (TPSA) is 70.7 Å². The van der Waals surface area contributed by atoms with Crippen molar-refractivity contribution >= 4 is 27.9 Å². The minimum absolute atomic E-state index is 0.185. The number of rotatable bonds is 4.